The number of carbonyl (C=O) groups excluding carboxylic acids is 1. The van der Waals surface area contributed by atoms with E-state index in [1.165, 1.54) is 6.42 Å². The molecule has 1 aliphatic rings. The van der Waals surface area contributed by atoms with Crippen molar-refractivity contribution in [2.75, 3.05) is 32.8 Å². The van der Waals surface area contributed by atoms with Crippen molar-refractivity contribution in [2.24, 2.45) is 10.4 Å². The van der Waals surface area contributed by atoms with Crippen LogP contribution in [0.2, 0.25) is 0 Å². The Morgan fingerprint density at radius 1 is 1.27 bits per heavy atom. The number of hydrogen-bond donors (Lipinski definition) is 2. The fourth-order valence-electron chi connectivity index (χ4n) is 3.02. The zero-order valence-corrected chi connectivity index (χ0v) is 16.5. The summed E-state index contributed by atoms with van der Waals surface area (Å²) in [5.41, 5.74) is 1.40. The van der Waals surface area contributed by atoms with E-state index in [-0.39, 0.29) is 12.5 Å². The minimum absolute atomic E-state index is 0.0338. The molecule has 0 unspecified atom stereocenters. The first kappa shape index (κ1) is 20.1. The lowest BCUT2D eigenvalue weighted by atomic mass is 9.93. The molecular formula is C20H32N4O2. The first-order valence-electron chi connectivity index (χ1n) is 9.45. The molecule has 26 heavy (non-hydrogen) atoms. The van der Waals surface area contributed by atoms with Crippen molar-refractivity contribution < 1.29 is 9.53 Å². The van der Waals surface area contributed by atoms with Gasteiger partial charge in [0.05, 0.1) is 6.54 Å². The molecule has 0 aromatic heterocycles. The summed E-state index contributed by atoms with van der Waals surface area (Å²) in [5, 5.41) is 6.12. The fraction of sp³-hybridized carbons (Fsp3) is 0.600. The Kier molecular flexibility index (Phi) is 7.30. The molecule has 1 fully saturated rings. The Morgan fingerprint density at radius 2 is 2.04 bits per heavy atom. The van der Waals surface area contributed by atoms with Gasteiger partial charge in [0.15, 0.2) is 12.6 Å². The van der Waals surface area contributed by atoms with Crippen LogP contribution in [-0.4, -0.2) is 49.6 Å². The summed E-state index contributed by atoms with van der Waals surface area (Å²) in [4.78, 5) is 18.6. The second-order valence-electron chi connectivity index (χ2n) is 7.40. The van der Waals surface area contributed by atoms with E-state index in [9.17, 15) is 4.79 Å². The number of rotatable bonds is 7. The van der Waals surface area contributed by atoms with Gasteiger partial charge >= 0.3 is 0 Å². The summed E-state index contributed by atoms with van der Waals surface area (Å²) in [7, 11) is 0. The van der Waals surface area contributed by atoms with Gasteiger partial charge in [-0.1, -0.05) is 26.0 Å². The Bertz CT molecular complexity index is 628. The highest BCUT2D eigenvalue weighted by Gasteiger charge is 2.30. The monoisotopic (exact) mass is 360 g/mol. The molecule has 0 radical (unpaired) electrons. The number of benzene rings is 1. The molecule has 0 spiro atoms. The number of aliphatic imine (C=N–C) groups is 1. The maximum absolute atomic E-state index is 11.5. The Morgan fingerprint density at radius 3 is 2.69 bits per heavy atom. The van der Waals surface area contributed by atoms with Gasteiger partial charge in [-0.15, -0.1) is 0 Å². The molecule has 1 saturated heterocycles. The highest BCUT2D eigenvalue weighted by Crippen LogP contribution is 2.28. The smallest absolute Gasteiger partial charge is 0.257 e. The first-order chi connectivity index (χ1) is 12.4. The van der Waals surface area contributed by atoms with E-state index in [0.717, 1.165) is 31.2 Å². The fourth-order valence-corrected chi connectivity index (χ4v) is 3.02. The van der Waals surface area contributed by atoms with Gasteiger partial charge in [0.25, 0.3) is 5.91 Å². The Balaban J connectivity index is 1.98. The van der Waals surface area contributed by atoms with E-state index < -0.39 is 0 Å². The third-order valence-corrected chi connectivity index (χ3v) is 4.37. The van der Waals surface area contributed by atoms with Gasteiger partial charge < -0.3 is 20.3 Å². The van der Waals surface area contributed by atoms with Crippen molar-refractivity contribution in [1.82, 2.24) is 15.5 Å². The maximum Gasteiger partial charge on any atom is 0.257 e. The lowest BCUT2D eigenvalue weighted by Crippen LogP contribution is -2.40. The minimum Gasteiger partial charge on any atom is -0.484 e. The molecule has 1 aliphatic heterocycles. The van der Waals surface area contributed by atoms with Crippen LogP contribution in [0.1, 0.15) is 39.7 Å². The van der Waals surface area contributed by atoms with E-state index >= 15 is 0 Å². The summed E-state index contributed by atoms with van der Waals surface area (Å²) in [6.07, 6.45) is 1.18. The first-order valence-corrected chi connectivity index (χ1v) is 9.45. The molecule has 0 aliphatic carbocycles. The molecule has 2 N–H and O–H groups in total. The van der Waals surface area contributed by atoms with E-state index in [1.807, 2.05) is 31.2 Å². The topological polar surface area (TPSA) is 66.0 Å². The van der Waals surface area contributed by atoms with Crippen LogP contribution in [-0.2, 0) is 11.3 Å². The predicted molar refractivity (Wildman–Crippen MR) is 105 cm³/mol. The predicted octanol–water partition coefficient (Wildman–Crippen LogP) is 2.40. The molecule has 6 nitrogen and oxygen atoms in total. The number of likely N-dealkylation sites (tertiary alicyclic amines) is 1. The normalized spacial score (nSPS) is 16.5. The van der Waals surface area contributed by atoms with Gasteiger partial charge in [-0.05, 0) is 43.4 Å². The SMILES string of the molecule is CCNC(=O)COc1cccc(CN=C(NCC)N2CCC(C)(C)C2)c1. The molecule has 1 amide bonds. The van der Waals surface area contributed by atoms with Gasteiger partial charge in [0, 0.05) is 26.2 Å². The molecule has 144 valence electrons. The minimum atomic E-state index is -0.109. The molecule has 1 aromatic rings. The summed E-state index contributed by atoms with van der Waals surface area (Å²) in [6, 6.07) is 7.77. The highest BCUT2D eigenvalue weighted by molar-refractivity contribution is 5.80. The molecule has 6 heteroatoms. The van der Waals surface area contributed by atoms with Gasteiger partial charge in [0.1, 0.15) is 5.75 Å². The number of carbonyl (C=O) groups is 1. The van der Waals surface area contributed by atoms with Crippen molar-refractivity contribution >= 4 is 11.9 Å². The third kappa shape index (κ3) is 6.24. The number of likely N-dealkylation sites (N-methyl/N-ethyl adjacent to an activating group) is 1. The molecule has 0 atom stereocenters. The van der Waals surface area contributed by atoms with Crippen LogP contribution in [0.3, 0.4) is 0 Å². The van der Waals surface area contributed by atoms with Crippen LogP contribution in [0.25, 0.3) is 0 Å². The third-order valence-electron chi connectivity index (χ3n) is 4.37. The Hall–Kier alpha value is -2.24. The van der Waals surface area contributed by atoms with E-state index in [0.29, 0.717) is 24.3 Å². The summed E-state index contributed by atoms with van der Waals surface area (Å²) >= 11 is 0. The number of ether oxygens (including phenoxy) is 1. The van der Waals surface area contributed by atoms with Gasteiger partial charge in [-0.2, -0.15) is 0 Å². The van der Waals surface area contributed by atoms with E-state index in [1.54, 1.807) is 0 Å². The van der Waals surface area contributed by atoms with E-state index in [4.69, 9.17) is 9.73 Å². The van der Waals surface area contributed by atoms with Crippen LogP contribution in [0.5, 0.6) is 5.75 Å². The average molecular weight is 361 g/mol. The molecule has 0 bridgehead atoms. The van der Waals surface area contributed by atoms with Gasteiger partial charge in [-0.25, -0.2) is 4.99 Å². The number of guanidine groups is 1. The van der Waals surface area contributed by atoms with E-state index in [2.05, 4.69) is 36.3 Å². The zero-order valence-electron chi connectivity index (χ0n) is 16.5. The number of hydrogen-bond acceptors (Lipinski definition) is 3. The molecule has 0 saturated carbocycles. The summed E-state index contributed by atoms with van der Waals surface area (Å²) in [6.45, 7) is 12.7. The number of amides is 1. The van der Waals surface area contributed by atoms with Crippen molar-refractivity contribution in [1.29, 1.82) is 0 Å². The molecule has 1 aromatic carbocycles. The second-order valence-corrected chi connectivity index (χ2v) is 7.40. The number of nitrogens with zero attached hydrogens (tertiary/aromatic N) is 2. The lowest BCUT2D eigenvalue weighted by Gasteiger charge is -2.23. The average Bonchev–Trinajstić information content (AvgIpc) is 2.97. The largest absolute Gasteiger partial charge is 0.484 e. The highest BCUT2D eigenvalue weighted by atomic mass is 16.5. The summed E-state index contributed by atoms with van der Waals surface area (Å²) in [5.74, 6) is 1.55. The van der Waals surface area contributed by atoms with Crippen molar-refractivity contribution in [3.8, 4) is 5.75 Å². The van der Waals surface area contributed by atoms with Crippen molar-refractivity contribution in [2.45, 2.75) is 40.7 Å². The van der Waals surface area contributed by atoms with Crippen LogP contribution < -0.4 is 15.4 Å². The van der Waals surface area contributed by atoms with Gasteiger partial charge in [-0.3, -0.25) is 4.79 Å². The maximum atomic E-state index is 11.5. The lowest BCUT2D eigenvalue weighted by molar-refractivity contribution is -0.122. The van der Waals surface area contributed by atoms with Crippen molar-refractivity contribution in [3.05, 3.63) is 29.8 Å². The standard InChI is InChI=1S/C20H32N4O2/c1-5-21-18(25)14-26-17-9-7-8-16(12-17)13-23-19(22-6-2)24-11-10-20(3,4)15-24/h7-9,12H,5-6,10-11,13-15H2,1-4H3,(H,21,25)(H,22,23). The Labute approximate surface area is 157 Å². The zero-order chi connectivity index (χ0) is 19.0. The molecular weight excluding hydrogens is 328 g/mol. The molecule has 1 heterocycles. The molecule has 2 rings (SSSR count). The quantitative estimate of drug-likeness (QED) is 0.579. The number of nitrogens with one attached hydrogen (secondary N) is 2. The second kappa shape index (κ2) is 9.46. The van der Waals surface area contributed by atoms with Crippen LogP contribution >= 0.6 is 0 Å². The van der Waals surface area contributed by atoms with Crippen LogP contribution in [0.15, 0.2) is 29.3 Å². The van der Waals surface area contributed by atoms with Crippen molar-refractivity contribution in [3.63, 3.8) is 0 Å². The van der Waals surface area contributed by atoms with Crippen LogP contribution in [0, 0.1) is 5.41 Å². The summed E-state index contributed by atoms with van der Waals surface area (Å²) < 4.78 is 5.56. The van der Waals surface area contributed by atoms with Crippen LogP contribution in [0.4, 0.5) is 0 Å². The van der Waals surface area contributed by atoms with Gasteiger partial charge in [0.2, 0.25) is 0 Å².